The largest absolute Gasteiger partial charge is 0.493 e. The third-order valence-corrected chi connectivity index (χ3v) is 4.30. The molecule has 2 N–H and O–H groups in total. The van der Waals surface area contributed by atoms with Crippen molar-refractivity contribution in [3.63, 3.8) is 0 Å². The lowest BCUT2D eigenvalue weighted by Crippen LogP contribution is -2.47. The highest BCUT2D eigenvalue weighted by Gasteiger charge is 2.24. The summed E-state index contributed by atoms with van der Waals surface area (Å²) in [7, 11) is 2.18. The van der Waals surface area contributed by atoms with Gasteiger partial charge in [-0.05, 0) is 24.2 Å². The van der Waals surface area contributed by atoms with E-state index in [9.17, 15) is 0 Å². The van der Waals surface area contributed by atoms with Gasteiger partial charge in [0.15, 0.2) is 0 Å². The lowest BCUT2D eigenvalue weighted by molar-refractivity contribution is 0.114. The minimum absolute atomic E-state index is 0.347. The van der Waals surface area contributed by atoms with Crippen LogP contribution >= 0.6 is 0 Å². The maximum atomic E-state index is 6.03. The number of fused-ring (bicyclic) bond motifs is 1. The molecule has 0 radical (unpaired) electrons. The molecule has 0 bridgehead atoms. The molecule has 4 nitrogen and oxygen atoms in total. The normalized spacial score (nSPS) is 22.0. The van der Waals surface area contributed by atoms with Crippen LogP contribution in [0.5, 0.6) is 5.75 Å². The molecule has 1 atom stereocenters. The molecule has 1 saturated heterocycles. The van der Waals surface area contributed by atoms with Gasteiger partial charge in [-0.3, -0.25) is 4.90 Å². The van der Waals surface area contributed by atoms with Gasteiger partial charge in [0, 0.05) is 45.2 Å². The quantitative estimate of drug-likeness (QED) is 0.876. The summed E-state index contributed by atoms with van der Waals surface area (Å²) in [5.74, 6) is 1.05. The van der Waals surface area contributed by atoms with Gasteiger partial charge in [-0.15, -0.1) is 0 Å². The molecule has 1 fully saturated rings. The minimum Gasteiger partial charge on any atom is -0.493 e. The molecule has 0 aliphatic carbocycles. The van der Waals surface area contributed by atoms with E-state index in [1.54, 1.807) is 0 Å². The van der Waals surface area contributed by atoms with E-state index in [1.807, 2.05) is 0 Å². The van der Waals surface area contributed by atoms with E-state index in [0.717, 1.165) is 45.0 Å². The Morgan fingerprint density at radius 1 is 1.26 bits per heavy atom. The minimum atomic E-state index is 0.347. The van der Waals surface area contributed by atoms with Gasteiger partial charge < -0.3 is 15.4 Å². The van der Waals surface area contributed by atoms with Crippen molar-refractivity contribution in [2.24, 2.45) is 5.73 Å². The molecule has 0 spiro atoms. The second-order valence-corrected chi connectivity index (χ2v) is 5.56. The van der Waals surface area contributed by atoms with Gasteiger partial charge in [-0.2, -0.15) is 0 Å². The fourth-order valence-corrected chi connectivity index (χ4v) is 3.04. The predicted octanol–water partition coefficient (Wildman–Crippen LogP) is 0.869. The molecule has 0 saturated carbocycles. The second-order valence-electron chi connectivity index (χ2n) is 5.56. The summed E-state index contributed by atoms with van der Waals surface area (Å²) in [5.41, 5.74) is 8.71. The van der Waals surface area contributed by atoms with Crippen LogP contribution in [0.3, 0.4) is 0 Å². The van der Waals surface area contributed by atoms with Crippen LogP contribution < -0.4 is 10.5 Å². The molecular formula is C15H23N3O. The van der Waals surface area contributed by atoms with Crippen molar-refractivity contribution in [2.75, 3.05) is 46.4 Å². The van der Waals surface area contributed by atoms with E-state index in [0.29, 0.717) is 12.6 Å². The molecule has 1 aromatic carbocycles. The summed E-state index contributed by atoms with van der Waals surface area (Å²) in [6, 6.07) is 6.92. The Balaban J connectivity index is 1.78. The highest BCUT2D eigenvalue weighted by atomic mass is 16.5. The van der Waals surface area contributed by atoms with Crippen molar-refractivity contribution in [3.8, 4) is 5.75 Å². The van der Waals surface area contributed by atoms with Gasteiger partial charge in [-0.1, -0.05) is 12.1 Å². The molecule has 2 aliphatic heterocycles. The number of piperazine rings is 1. The average molecular weight is 261 g/mol. The van der Waals surface area contributed by atoms with Gasteiger partial charge >= 0.3 is 0 Å². The smallest absolute Gasteiger partial charge is 0.122 e. The Morgan fingerprint density at radius 3 is 2.79 bits per heavy atom. The number of hydrogen-bond donors (Lipinski definition) is 1. The number of nitrogens with zero attached hydrogens (tertiary/aromatic N) is 2. The van der Waals surface area contributed by atoms with Crippen molar-refractivity contribution in [1.82, 2.24) is 9.80 Å². The van der Waals surface area contributed by atoms with E-state index < -0.39 is 0 Å². The average Bonchev–Trinajstić information content (AvgIpc) is 2.89. The molecule has 2 heterocycles. The number of benzene rings is 1. The summed E-state index contributed by atoms with van der Waals surface area (Å²) in [4.78, 5) is 4.89. The zero-order valence-corrected chi connectivity index (χ0v) is 11.6. The Bertz CT molecular complexity index is 441. The van der Waals surface area contributed by atoms with Crippen molar-refractivity contribution >= 4 is 0 Å². The lowest BCUT2D eigenvalue weighted by atomic mass is 10.0. The third-order valence-electron chi connectivity index (χ3n) is 4.30. The summed E-state index contributed by atoms with van der Waals surface area (Å²) < 4.78 is 5.57. The van der Waals surface area contributed by atoms with Gasteiger partial charge in [-0.25, -0.2) is 0 Å². The summed E-state index contributed by atoms with van der Waals surface area (Å²) in [5, 5.41) is 0. The number of nitrogens with two attached hydrogens (primary N) is 1. The topological polar surface area (TPSA) is 41.7 Å². The van der Waals surface area contributed by atoms with Gasteiger partial charge in [0.05, 0.1) is 6.61 Å². The molecule has 3 rings (SSSR count). The number of ether oxygens (including phenoxy) is 1. The highest BCUT2D eigenvalue weighted by molar-refractivity contribution is 5.41. The Morgan fingerprint density at radius 2 is 2.05 bits per heavy atom. The van der Waals surface area contributed by atoms with Crippen molar-refractivity contribution in [2.45, 2.75) is 12.5 Å². The summed E-state index contributed by atoms with van der Waals surface area (Å²) in [6.07, 6.45) is 1.03. The van der Waals surface area contributed by atoms with Crippen LogP contribution in [0, 0.1) is 0 Å². The maximum absolute atomic E-state index is 6.03. The molecule has 2 aliphatic rings. The summed E-state index contributed by atoms with van der Waals surface area (Å²) >= 11 is 0. The van der Waals surface area contributed by atoms with E-state index in [4.69, 9.17) is 10.5 Å². The van der Waals surface area contributed by atoms with E-state index in [-0.39, 0.29) is 0 Å². The van der Waals surface area contributed by atoms with Crippen molar-refractivity contribution in [1.29, 1.82) is 0 Å². The maximum Gasteiger partial charge on any atom is 0.122 e. The molecule has 4 heteroatoms. The number of likely N-dealkylation sites (N-methyl/N-ethyl adjacent to an activating group) is 1. The molecule has 1 aromatic rings. The Kier molecular flexibility index (Phi) is 3.73. The third kappa shape index (κ3) is 2.61. The first-order valence-electron chi connectivity index (χ1n) is 7.16. The van der Waals surface area contributed by atoms with Gasteiger partial charge in [0.25, 0.3) is 0 Å². The van der Waals surface area contributed by atoms with E-state index in [1.165, 1.54) is 11.1 Å². The molecule has 1 unspecified atom stereocenters. The van der Waals surface area contributed by atoms with E-state index in [2.05, 4.69) is 35.0 Å². The van der Waals surface area contributed by atoms with Gasteiger partial charge in [0.2, 0.25) is 0 Å². The molecule has 0 amide bonds. The predicted molar refractivity (Wildman–Crippen MR) is 76.5 cm³/mol. The fourth-order valence-electron chi connectivity index (χ4n) is 3.04. The second kappa shape index (κ2) is 5.49. The number of rotatable bonds is 3. The van der Waals surface area contributed by atoms with Crippen LogP contribution in [0.1, 0.15) is 17.2 Å². The zero-order chi connectivity index (χ0) is 13.2. The van der Waals surface area contributed by atoms with Crippen molar-refractivity contribution in [3.05, 3.63) is 29.3 Å². The van der Waals surface area contributed by atoms with Crippen LogP contribution in [-0.4, -0.2) is 56.2 Å². The summed E-state index contributed by atoms with van der Waals surface area (Å²) in [6.45, 7) is 5.97. The number of hydrogen-bond acceptors (Lipinski definition) is 4. The first-order chi connectivity index (χ1) is 9.28. The molecular weight excluding hydrogens is 238 g/mol. The van der Waals surface area contributed by atoms with Crippen molar-refractivity contribution < 1.29 is 4.74 Å². The SMILES string of the molecule is CN1CCN(C(CN)c2ccc3c(c2)CCO3)CC1. The van der Waals surface area contributed by atoms with Gasteiger partial charge in [0.1, 0.15) is 5.75 Å². The first kappa shape index (κ1) is 12.9. The zero-order valence-electron chi connectivity index (χ0n) is 11.6. The van der Waals surface area contributed by atoms with Crippen LogP contribution in [-0.2, 0) is 6.42 Å². The Labute approximate surface area is 115 Å². The van der Waals surface area contributed by atoms with Crippen LogP contribution in [0.15, 0.2) is 18.2 Å². The Hall–Kier alpha value is -1.10. The van der Waals surface area contributed by atoms with Crippen LogP contribution in [0.4, 0.5) is 0 Å². The van der Waals surface area contributed by atoms with Crippen LogP contribution in [0.2, 0.25) is 0 Å². The molecule has 19 heavy (non-hydrogen) atoms. The highest BCUT2D eigenvalue weighted by Crippen LogP contribution is 2.30. The standard InChI is InChI=1S/C15H23N3O/c1-17-5-7-18(8-6-17)14(11-16)12-2-3-15-13(10-12)4-9-19-15/h2-3,10,14H,4-9,11,16H2,1H3. The monoisotopic (exact) mass is 261 g/mol. The first-order valence-corrected chi connectivity index (χ1v) is 7.16. The van der Waals surface area contributed by atoms with Crippen LogP contribution in [0.25, 0.3) is 0 Å². The van der Waals surface area contributed by atoms with E-state index >= 15 is 0 Å². The fraction of sp³-hybridized carbons (Fsp3) is 0.600. The lowest BCUT2D eigenvalue weighted by Gasteiger charge is -2.37. The molecule has 104 valence electrons. The molecule has 0 aromatic heterocycles.